The van der Waals surface area contributed by atoms with Crippen molar-refractivity contribution in [2.45, 2.75) is 95.4 Å². The topological polar surface area (TPSA) is 380 Å². The third-order valence-electron chi connectivity index (χ3n) is 20.0. The van der Waals surface area contributed by atoms with Gasteiger partial charge in [-0.2, -0.15) is 0 Å². The first-order valence-electron chi connectivity index (χ1n) is 38.5. The van der Waals surface area contributed by atoms with Gasteiger partial charge in [0.2, 0.25) is 29.5 Å². The number of alkyl halides is 1. The van der Waals surface area contributed by atoms with Crippen LogP contribution in [0.1, 0.15) is 90.5 Å². The maximum Gasteiger partial charge on any atom is 0.407 e. The lowest BCUT2D eigenvalue weighted by Gasteiger charge is -2.44. The smallest absolute Gasteiger partial charge is 0.407 e. The molecule has 33 heteroatoms. The summed E-state index contributed by atoms with van der Waals surface area (Å²) in [7, 11) is 4.22. The van der Waals surface area contributed by atoms with E-state index in [4.69, 9.17) is 64.0 Å². The van der Waals surface area contributed by atoms with Crippen molar-refractivity contribution >= 4 is 105 Å². The summed E-state index contributed by atoms with van der Waals surface area (Å²) in [5.74, 6) is -3.02. The summed E-state index contributed by atoms with van der Waals surface area (Å²) in [6, 6.07) is 24.8. The van der Waals surface area contributed by atoms with Crippen LogP contribution >= 0.6 is 11.6 Å². The number of fused-ring (bicyclic) bond motifs is 6. The number of amides is 10. The molecule has 0 saturated carbocycles. The summed E-state index contributed by atoms with van der Waals surface area (Å²) in [5, 5.41) is 33.8. The second-order valence-electron chi connectivity index (χ2n) is 28.3. The van der Waals surface area contributed by atoms with Crippen molar-refractivity contribution in [2.75, 3.05) is 176 Å². The minimum atomic E-state index is -1.67. The van der Waals surface area contributed by atoms with Crippen molar-refractivity contribution in [3.63, 3.8) is 0 Å². The summed E-state index contributed by atoms with van der Waals surface area (Å²) < 4.78 is 56.2. The highest BCUT2D eigenvalue weighted by atomic mass is 35.5. The monoisotopic (exact) mass is 1620 g/mol. The van der Waals surface area contributed by atoms with E-state index in [1.807, 2.05) is 41.3 Å². The number of likely N-dealkylation sites (N-methyl/N-ethyl adjacent to an activating group) is 2. The molecule has 115 heavy (non-hydrogen) atoms. The number of aliphatic imine (C=N–C) groups is 1. The summed E-state index contributed by atoms with van der Waals surface area (Å²) in [6.07, 6.45) is 2.27. The van der Waals surface area contributed by atoms with Gasteiger partial charge >= 0.3 is 12.2 Å². The van der Waals surface area contributed by atoms with Crippen molar-refractivity contribution in [1.82, 2.24) is 35.6 Å². The summed E-state index contributed by atoms with van der Waals surface area (Å²) >= 11 is 6.74. The largest absolute Gasteiger partial charge is 0.493 e. The molecule has 0 aromatic heterocycles. The molecule has 1 unspecified atom stereocenters. The number of carbonyl (C=O) groups excluding carboxylic acids is 8. The minimum Gasteiger partial charge on any atom is -0.493 e. The molecular formula is C82H105ClN10O22. The number of carboxylic acid groups (broad SMARTS) is 2. The van der Waals surface area contributed by atoms with Gasteiger partial charge in [-0.25, -0.2) is 9.59 Å². The molecule has 0 saturated heterocycles. The van der Waals surface area contributed by atoms with Crippen LogP contribution in [0.15, 0.2) is 108 Å². The fourth-order valence-corrected chi connectivity index (χ4v) is 14.1. The fourth-order valence-electron chi connectivity index (χ4n) is 13.8. The zero-order valence-corrected chi connectivity index (χ0v) is 66.7. The number of benzene rings is 5. The standard InChI is InChI=1S/C82H105ClN10O22/c1-54(2)76(88-71(95)24-28-107-30-32-109-34-36-111-38-40-113-42-43-114-41-39-112-37-35-110-33-31-108-29-25-84-70(94)23-26-91-73(97)21-22-74(91)98)78(100)86-55(3)77(99)87-60-19-17-56(18-20-60)48-82(90(5)81(104)105,53-89(4)80(102)103)65-46-67-75(63-15-10-9-14-62(63)65)59(49-83)52-93(67)72(96)16-11-27-115-69-47-66-64(45-68(69)106-6)79(101)92-51-58-13-8-7-12-57(58)44-61(92)50-85-66/h7-10,12-15,17-22,45-47,50,54-55,59,61,76H,11,16,23-44,48-49,51-53H2,1-6H3,(H,84,94)(H,86,100)(H,87,99)(H,88,95)(H,102,103)(H,104,105)/t55-,59+,61-,76-,82?/m0/s1. The van der Waals surface area contributed by atoms with E-state index >= 15 is 0 Å². The lowest BCUT2D eigenvalue weighted by molar-refractivity contribution is -0.137. The number of nitrogens with one attached hydrogen (secondary N) is 4. The summed E-state index contributed by atoms with van der Waals surface area (Å²) in [5.41, 5.74) is 3.99. The van der Waals surface area contributed by atoms with Gasteiger partial charge in [0.05, 0.1) is 149 Å². The number of carbonyl (C=O) groups is 10. The Kier molecular flexibility index (Phi) is 34.5. The van der Waals surface area contributed by atoms with E-state index < -0.39 is 59.3 Å². The highest BCUT2D eigenvalue weighted by molar-refractivity contribution is 6.19. The van der Waals surface area contributed by atoms with Crippen molar-refractivity contribution < 1.29 is 106 Å². The molecule has 9 rings (SSSR count). The highest BCUT2D eigenvalue weighted by Crippen LogP contribution is 2.48. The van der Waals surface area contributed by atoms with Crippen molar-refractivity contribution in [3.8, 4) is 11.5 Å². The number of anilines is 2. The third-order valence-corrected chi connectivity index (χ3v) is 20.4. The van der Waals surface area contributed by atoms with Crippen LogP contribution in [0.4, 0.5) is 26.7 Å². The Hall–Kier alpha value is -10.2. The van der Waals surface area contributed by atoms with E-state index in [-0.39, 0.29) is 120 Å². The maximum atomic E-state index is 14.7. The van der Waals surface area contributed by atoms with Crippen LogP contribution in [0.25, 0.3) is 10.8 Å². The number of hydrogen-bond acceptors (Lipinski definition) is 21. The Morgan fingerprint density at radius 3 is 1.81 bits per heavy atom. The van der Waals surface area contributed by atoms with Gasteiger partial charge in [-0.1, -0.05) is 74.5 Å². The van der Waals surface area contributed by atoms with E-state index in [1.165, 1.54) is 45.8 Å². The molecule has 5 atom stereocenters. The fraction of sp³-hybridized carbons (Fsp3) is 0.500. The SMILES string of the molecule is COc1cc2c(cc1OCCCC(=O)N1C[C@@H](CCl)c3c1cc(C(Cc1ccc(NC(=O)[C@H](C)NC(=O)[C@@H](NC(=O)CCOCCOCCOCCOCCOCCOCCOCCOCCNC(=O)CCN4C(=O)C=CC4=O)C(C)C)cc1)(CN(C)C(=O)O)N(C)C(=O)O)c1ccccc31)N=C[C@@H]1Cc3ccccc3CN1C2=O. The normalized spacial score (nSPS) is 15.8. The van der Waals surface area contributed by atoms with Crippen LogP contribution in [-0.4, -0.2) is 279 Å². The van der Waals surface area contributed by atoms with Gasteiger partial charge in [-0.3, -0.25) is 53.1 Å². The first kappa shape index (κ1) is 88.8. The Morgan fingerprint density at radius 2 is 1.23 bits per heavy atom. The number of rotatable bonds is 49. The van der Waals surface area contributed by atoms with Gasteiger partial charge in [-0.05, 0) is 88.5 Å². The lowest BCUT2D eigenvalue weighted by atomic mass is 9.78. The van der Waals surface area contributed by atoms with Crippen LogP contribution in [-0.2, 0) is 96.4 Å². The molecule has 0 fully saturated rings. The third kappa shape index (κ3) is 24.9. The molecular weight excluding hydrogens is 1510 g/mol. The molecule has 0 bridgehead atoms. The predicted molar refractivity (Wildman–Crippen MR) is 425 cm³/mol. The zero-order valence-electron chi connectivity index (χ0n) is 65.9. The van der Waals surface area contributed by atoms with E-state index in [1.54, 1.807) is 73.5 Å². The Bertz CT molecular complexity index is 4230. The molecule has 0 aliphatic carbocycles. The van der Waals surface area contributed by atoms with E-state index in [0.717, 1.165) is 25.8 Å². The molecule has 10 amide bonds. The Morgan fingerprint density at radius 1 is 0.643 bits per heavy atom. The first-order chi connectivity index (χ1) is 55.5. The number of nitrogens with zero attached hydrogens (tertiary/aromatic N) is 6. The van der Waals surface area contributed by atoms with E-state index in [2.05, 4.69) is 27.3 Å². The van der Waals surface area contributed by atoms with Gasteiger partial charge < -0.3 is 93.5 Å². The first-order valence-corrected chi connectivity index (χ1v) is 39.1. The molecule has 6 N–H and O–H groups in total. The summed E-state index contributed by atoms with van der Waals surface area (Å²) in [6.45, 7) is 11.0. The van der Waals surface area contributed by atoms with Gasteiger partial charge in [0, 0.05) is 114 Å². The maximum absolute atomic E-state index is 14.7. The number of hydrogen-bond donors (Lipinski definition) is 6. The van der Waals surface area contributed by atoms with Gasteiger partial charge in [0.25, 0.3) is 17.7 Å². The van der Waals surface area contributed by atoms with Crippen LogP contribution in [0, 0.1) is 5.92 Å². The number of halogens is 1. The van der Waals surface area contributed by atoms with Gasteiger partial charge in [0.15, 0.2) is 11.5 Å². The predicted octanol–water partition coefficient (Wildman–Crippen LogP) is 6.86. The Balaban J connectivity index is 0.674. The molecule has 5 aromatic carbocycles. The van der Waals surface area contributed by atoms with Gasteiger partial charge in [0.1, 0.15) is 12.1 Å². The van der Waals surface area contributed by atoms with Crippen molar-refractivity contribution in [1.29, 1.82) is 0 Å². The average molecular weight is 1620 g/mol. The van der Waals surface area contributed by atoms with Crippen LogP contribution in [0.5, 0.6) is 11.5 Å². The van der Waals surface area contributed by atoms with Crippen molar-refractivity contribution in [3.05, 3.63) is 137 Å². The number of methoxy groups -OCH3 is 1. The van der Waals surface area contributed by atoms with Crippen LogP contribution in [0.3, 0.4) is 0 Å². The Labute approximate surface area is 673 Å². The van der Waals surface area contributed by atoms with Gasteiger partial charge in [-0.15, -0.1) is 11.6 Å². The average Bonchev–Trinajstić information content (AvgIpc) is 1.70. The second-order valence-corrected chi connectivity index (χ2v) is 28.6. The molecule has 4 heterocycles. The quantitative estimate of drug-likeness (QED) is 0.0132. The molecule has 622 valence electrons. The second kappa shape index (κ2) is 44.6. The number of ether oxygens (including phenoxy) is 10. The van der Waals surface area contributed by atoms with Crippen LogP contribution in [0.2, 0.25) is 0 Å². The molecule has 0 spiro atoms. The molecule has 5 aromatic rings. The van der Waals surface area contributed by atoms with E-state index in [9.17, 15) is 58.2 Å². The molecule has 4 aliphatic heterocycles. The summed E-state index contributed by atoms with van der Waals surface area (Å²) in [4.78, 5) is 142. The molecule has 4 aliphatic rings. The minimum absolute atomic E-state index is 0.0193. The van der Waals surface area contributed by atoms with Crippen LogP contribution < -0.4 is 35.6 Å². The molecule has 32 nitrogen and oxygen atoms in total. The van der Waals surface area contributed by atoms with E-state index in [0.29, 0.717) is 161 Å². The molecule has 0 radical (unpaired) electrons. The number of imide groups is 1. The van der Waals surface area contributed by atoms with Crippen molar-refractivity contribution in [2.24, 2.45) is 10.9 Å². The zero-order chi connectivity index (χ0) is 82.4. The lowest BCUT2D eigenvalue weighted by Crippen LogP contribution is -2.55. The highest BCUT2D eigenvalue weighted by Gasteiger charge is 2.46.